The van der Waals surface area contributed by atoms with Crippen molar-refractivity contribution in [1.82, 2.24) is 14.5 Å². The average Bonchev–Trinajstić information content (AvgIpc) is 3.04. The molecule has 1 atom stereocenters. The molecule has 0 bridgehead atoms. The predicted molar refractivity (Wildman–Crippen MR) is 92.8 cm³/mol. The van der Waals surface area contributed by atoms with E-state index in [1.807, 2.05) is 24.3 Å². The molecule has 0 radical (unpaired) electrons. The number of carbonyl (C=O) groups is 1. The van der Waals surface area contributed by atoms with Gasteiger partial charge in [-0.25, -0.2) is 9.97 Å². The molecule has 1 aliphatic heterocycles. The fourth-order valence-electron chi connectivity index (χ4n) is 3.14. The lowest BCUT2D eigenvalue weighted by Crippen LogP contribution is -2.28. The van der Waals surface area contributed by atoms with E-state index in [9.17, 15) is 9.59 Å². The minimum Gasteiger partial charge on any atom is -0.497 e. The van der Waals surface area contributed by atoms with Crippen molar-refractivity contribution in [3.8, 4) is 5.75 Å². The highest BCUT2D eigenvalue weighted by Gasteiger charge is 2.32. The maximum atomic E-state index is 12.7. The summed E-state index contributed by atoms with van der Waals surface area (Å²) in [5.74, 6) is 0.654. The van der Waals surface area contributed by atoms with Gasteiger partial charge in [0.15, 0.2) is 5.65 Å². The Bertz CT molecular complexity index is 1010. The van der Waals surface area contributed by atoms with Crippen molar-refractivity contribution in [3.05, 3.63) is 59.3 Å². The van der Waals surface area contributed by atoms with Crippen LogP contribution in [-0.4, -0.2) is 34.1 Å². The number of amides is 1. The van der Waals surface area contributed by atoms with Crippen LogP contribution >= 0.6 is 0 Å². The summed E-state index contributed by atoms with van der Waals surface area (Å²) in [6, 6.07) is 10.5. The number of methoxy groups -OCH3 is 1. The van der Waals surface area contributed by atoms with Crippen LogP contribution in [-0.2, 0) is 4.79 Å². The molecular formula is C18H16N4O3. The Morgan fingerprint density at radius 3 is 2.88 bits per heavy atom. The maximum absolute atomic E-state index is 12.7. The van der Waals surface area contributed by atoms with Crippen molar-refractivity contribution < 1.29 is 9.53 Å². The summed E-state index contributed by atoms with van der Waals surface area (Å²) in [4.78, 5) is 35.2. The largest absolute Gasteiger partial charge is 0.497 e. The Morgan fingerprint density at radius 2 is 2.04 bits per heavy atom. The zero-order chi connectivity index (χ0) is 17.4. The van der Waals surface area contributed by atoms with E-state index in [4.69, 9.17) is 4.74 Å². The lowest BCUT2D eigenvalue weighted by molar-refractivity contribution is -0.117. The topological polar surface area (TPSA) is 77.3 Å². The number of benzene rings is 1. The Labute approximate surface area is 143 Å². The van der Waals surface area contributed by atoms with E-state index in [1.54, 1.807) is 30.3 Å². The summed E-state index contributed by atoms with van der Waals surface area (Å²) in [5.41, 5.74) is 0.997. The first kappa shape index (κ1) is 15.3. The van der Waals surface area contributed by atoms with Gasteiger partial charge >= 0.3 is 0 Å². The van der Waals surface area contributed by atoms with Gasteiger partial charge in [-0.15, -0.1) is 0 Å². The number of hydrogen-bond donors (Lipinski definition) is 0. The molecule has 1 saturated heterocycles. The smallest absolute Gasteiger partial charge is 0.263 e. The first-order valence-electron chi connectivity index (χ1n) is 7.93. The van der Waals surface area contributed by atoms with Crippen LogP contribution in [0.1, 0.15) is 12.5 Å². The van der Waals surface area contributed by atoms with Crippen LogP contribution < -0.4 is 15.2 Å². The minimum atomic E-state index is -0.261. The maximum Gasteiger partial charge on any atom is 0.263 e. The molecule has 0 saturated carbocycles. The molecule has 1 fully saturated rings. The monoisotopic (exact) mass is 336 g/mol. The third-order valence-electron chi connectivity index (χ3n) is 4.42. The zero-order valence-electron chi connectivity index (χ0n) is 13.6. The number of nitrogens with zero attached hydrogens (tertiary/aromatic N) is 4. The van der Waals surface area contributed by atoms with Crippen molar-refractivity contribution in [3.63, 3.8) is 0 Å². The van der Waals surface area contributed by atoms with Gasteiger partial charge in [0.25, 0.3) is 5.56 Å². The molecule has 4 rings (SSSR count). The fourth-order valence-corrected chi connectivity index (χ4v) is 3.14. The molecule has 25 heavy (non-hydrogen) atoms. The second-order valence-electron chi connectivity index (χ2n) is 5.90. The number of ether oxygens (including phenoxy) is 1. The summed E-state index contributed by atoms with van der Waals surface area (Å²) in [5, 5.41) is 0.456. The molecule has 2 aromatic heterocycles. The second kappa shape index (κ2) is 6.01. The fraction of sp³-hybridized carbons (Fsp3) is 0.222. The lowest BCUT2D eigenvalue weighted by atomic mass is 10.2. The van der Waals surface area contributed by atoms with E-state index >= 15 is 0 Å². The van der Waals surface area contributed by atoms with Crippen LogP contribution in [0.3, 0.4) is 0 Å². The highest BCUT2D eigenvalue weighted by atomic mass is 16.5. The summed E-state index contributed by atoms with van der Waals surface area (Å²) in [7, 11) is 1.59. The van der Waals surface area contributed by atoms with Gasteiger partial charge < -0.3 is 9.64 Å². The minimum absolute atomic E-state index is 0.0311. The quantitative estimate of drug-likeness (QED) is 0.728. The van der Waals surface area contributed by atoms with Crippen LogP contribution in [0.4, 0.5) is 5.69 Å². The lowest BCUT2D eigenvalue weighted by Gasteiger charge is -2.18. The van der Waals surface area contributed by atoms with Crippen LogP contribution in [0.2, 0.25) is 0 Å². The van der Waals surface area contributed by atoms with E-state index in [0.717, 1.165) is 5.69 Å². The molecule has 7 heteroatoms. The van der Waals surface area contributed by atoms with Crippen molar-refractivity contribution in [2.24, 2.45) is 0 Å². The average molecular weight is 336 g/mol. The van der Waals surface area contributed by atoms with Gasteiger partial charge in [-0.2, -0.15) is 0 Å². The second-order valence-corrected chi connectivity index (χ2v) is 5.90. The number of pyridine rings is 1. The highest BCUT2D eigenvalue weighted by Crippen LogP contribution is 2.29. The van der Waals surface area contributed by atoms with E-state index in [2.05, 4.69) is 9.97 Å². The van der Waals surface area contributed by atoms with E-state index < -0.39 is 0 Å². The third kappa shape index (κ3) is 2.63. The molecule has 3 aromatic rings. The van der Waals surface area contributed by atoms with Crippen molar-refractivity contribution in [2.75, 3.05) is 18.6 Å². The Morgan fingerprint density at radius 1 is 1.16 bits per heavy atom. The molecule has 0 N–H and O–H groups in total. The Kier molecular flexibility index (Phi) is 3.68. The SMILES string of the molecule is COc1cccc(N2CC(n3cnc4ncccc4c3=O)CC2=O)c1. The predicted octanol–water partition coefficient (Wildman–Crippen LogP) is 1.78. The van der Waals surface area contributed by atoms with Crippen LogP contribution in [0.25, 0.3) is 11.0 Å². The normalized spacial score (nSPS) is 17.2. The molecule has 1 unspecified atom stereocenters. The number of carbonyl (C=O) groups excluding carboxylic acids is 1. The van der Waals surface area contributed by atoms with Crippen LogP contribution in [0, 0.1) is 0 Å². The van der Waals surface area contributed by atoms with Crippen molar-refractivity contribution >= 4 is 22.6 Å². The summed E-state index contributed by atoms with van der Waals surface area (Å²) < 4.78 is 6.75. The summed E-state index contributed by atoms with van der Waals surface area (Å²) in [6.45, 7) is 0.416. The van der Waals surface area contributed by atoms with E-state index in [1.165, 1.54) is 10.9 Å². The van der Waals surface area contributed by atoms with Crippen molar-refractivity contribution in [1.29, 1.82) is 0 Å². The first-order valence-corrected chi connectivity index (χ1v) is 7.93. The molecule has 7 nitrogen and oxygen atoms in total. The molecule has 0 spiro atoms. The van der Waals surface area contributed by atoms with E-state index in [-0.39, 0.29) is 23.9 Å². The summed E-state index contributed by atoms with van der Waals surface area (Å²) in [6.07, 6.45) is 3.33. The number of hydrogen-bond acceptors (Lipinski definition) is 5. The number of aromatic nitrogens is 3. The molecule has 0 aliphatic carbocycles. The number of anilines is 1. The van der Waals surface area contributed by atoms with Gasteiger partial charge in [-0.3, -0.25) is 14.2 Å². The van der Waals surface area contributed by atoms with Crippen LogP contribution in [0.5, 0.6) is 5.75 Å². The van der Waals surface area contributed by atoms with E-state index in [0.29, 0.717) is 23.3 Å². The molecule has 1 aliphatic rings. The molecule has 1 amide bonds. The summed E-state index contributed by atoms with van der Waals surface area (Å²) >= 11 is 0. The highest BCUT2D eigenvalue weighted by molar-refractivity contribution is 5.96. The van der Waals surface area contributed by atoms with Gasteiger partial charge in [0.1, 0.15) is 12.1 Å². The molecule has 3 heterocycles. The Balaban J connectivity index is 1.68. The standard InChI is InChI=1S/C18H16N4O3/c1-25-14-5-2-4-12(8-14)21-10-13(9-16(21)23)22-11-20-17-15(18(22)24)6-3-7-19-17/h2-8,11,13H,9-10H2,1H3. The number of rotatable bonds is 3. The van der Waals surface area contributed by atoms with Crippen molar-refractivity contribution in [2.45, 2.75) is 12.5 Å². The first-order chi connectivity index (χ1) is 12.2. The van der Waals surface area contributed by atoms with Gasteiger partial charge in [0, 0.05) is 30.9 Å². The van der Waals surface area contributed by atoms with Gasteiger partial charge in [-0.05, 0) is 24.3 Å². The van der Waals surface area contributed by atoms with Gasteiger partial charge in [0.05, 0.1) is 18.5 Å². The molecule has 126 valence electrons. The zero-order valence-corrected chi connectivity index (χ0v) is 13.6. The molecular weight excluding hydrogens is 320 g/mol. The number of fused-ring (bicyclic) bond motifs is 1. The third-order valence-corrected chi connectivity index (χ3v) is 4.42. The van der Waals surface area contributed by atoms with Crippen LogP contribution in [0.15, 0.2) is 53.7 Å². The van der Waals surface area contributed by atoms with Gasteiger partial charge in [-0.1, -0.05) is 6.07 Å². The van der Waals surface area contributed by atoms with Gasteiger partial charge in [0.2, 0.25) is 5.91 Å². The Hall–Kier alpha value is -3.22. The molecule has 1 aromatic carbocycles.